The van der Waals surface area contributed by atoms with Crippen LogP contribution in [0.15, 0.2) is 42.5 Å². The zero-order valence-electron chi connectivity index (χ0n) is 21.9. The molecule has 192 valence electrons. The van der Waals surface area contributed by atoms with Gasteiger partial charge in [0.05, 0.1) is 11.4 Å². The maximum Gasteiger partial charge on any atom is 0.253 e. The van der Waals surface area contributed by atoms with Crippen molar-refractivity contribution in [1.29, 1.82) is 0 Å². The summed E-state index contributed by atoms with van der Waals surface area (Å²) in [6.45, 7) is 10.6. The topological polar surface area (TPSA) is 73.0 Å². The van der Waals surface area contributed by atoms with Crippen LogP contribution in [0, 0.1) is 0 Å². The summed E-state index contributed by atoms with van der Waals surface area (Å²) >= 11 is 0. The van der Waals surface area contributed by atoms with Gasteiger partial charge in [-0.3, -0.25) is 19.3 Å². The van der Waals surface area contributed by atoms with Gasteiger partial charge in [-0.1, -0.05) is 38.1 Å². The van der Waals surface area contributed by atoms with Crippen LogP contribution in [0.3, 0.4) is 0 Å². The lowest BCUT2D eigenvalue weighted by Gasteiger charge is -2.45. The molecule has 2 aliphatic rings. The van der Waals surface area contributed by atoms with Crippen LogP contribution in [-0.2, 0) is 16.1 Å². The fourth-order valence-electron chi connectivity index (χ4n) is 5.17. The molecule has 4 rings (SSSR count). The van der Waals surface area contributed by atoms with Crippen LogP contribution in [0.25, 0.3) is 0 Å². The van der Waals surface area contributed by atoms with E-state index in [9.17, 15) is 14.4 Å². The van der Waals surface area contributed by atoms with E-state index in [-0.39, 0.29) is 30.3 Å². The minimum absolute atomic E-state index is 0.0638. The Labute approximate surface area is 214 Å². The van der Waals surface area contributed by atoms with Gasteiger partial charge < -0.3 is 15.1 Å². The van der Waals surface area contributed by atoms with Gasteiger partial charge in [-0.15, -0.1) is 0 Å². The lowest BCUT2D eigenvalue weighted by molar-refractivity contribution is -0.125. The molecular formula is C29H38N4O3. The molecule has 3 amide bonds. The fourth-order valence-corrected chi connectivity index (χ4v) is 5.17. The molecule has 2 aliphatic heterocycles. The Morgan fingerprint density at radius 1 is 1.03 bits per heavy atom. The van der Waals surface area contributed by atoms with Crippen molar-refractivity contribution >= 4 is 29.1 Å². The van der Waals surface area contributed by atoms with Gasteiger partial charge >= 0.3 is 0 Å². The van der Waals surface area contributed by atoms with E-state index < -0.39 is 0 Å². The molecule has 2 aromatic carbocycles. The number of carbonyl (C=O) groups excluding carboxylic acids is 3. The monoisotopic (exact) mass is 490 g/mol. The number of benzene rings is 2. The molecule has 0 bridgehead atoms. The number of carbonyl (C=O) groups is 3. The minimum Gasteiger partial charge on any atom is -0.358 e. The van der Waals surface area contributed by atoms with Crippen molar-refractivity contribution in [3.63, 3.8) is 0 Å². The molecule has 36 heavy (non-hydrogen) atoms. The van der Waals surface area contributed by atoms with Crippen molar-refractivity contribution < 1.29 is 14.4 Å². The highest BCUT2D eigenvalue weighted by Crippen LogP contribution is 2.40. The Morgan fingerprint density at radius 2 is 1.75 bits per heavy atom. The number of hydrogen-bond acceptors (Lipinski definition) is 4. The van der Waals surface area contributed by atoms with Crippen molar-refractivity contribution in [2.45, 2.75) is 65.5 Å². The third-order valence-corrected chi connectivity index (χ3v) is 7.36. The van der Waals surface area contributed by atoms with Crippen molar-refractivity contribution in [3.05, 3.63) is 59.2 Å². The summed E-state index contributed by atoms with van der Waals surface area (Å²) in [5.41, 5.74) is 4.38. The Balaban J connectivity index is 1.56. The van der Waals surface area contributed by atoms with Gasteiger partial charge in [-0.05, 0) is 68.4 Å². The van der Waals surface area contributed by atoms with Gasteiger partial charge in [-0.25, -0.2) is 0 Å². The van der Waals surface area contributed by atoms with Gasteiger partial charge in [0.2, 0.25) is 11.8 Å². The Morgan fingerprint density at radius 3 is 2.42 bits per heavy atom. The minimum atomic E-state index is -0.257. The van der Waals surface area contributed by atoms with E-state index >= 15 is 0 Å². The summed E-state index contributed by atoms with van der Waals surface area (Å²) in [4.78, 5) is 45.1. The number of nitrogens with zero attached hydrogens (tertiary/aromatic N) is 3. The lowest BCUT2D eigenvalue weighted by atomic mass is 9.95. The van der Waals surface area contributed by atoms with E-state index in [1.54, 1.807) is 15.9 Å². The highest BCUT2D eigenvalue weighted by Gasteiger charge is 2.40. The van der Waals surface area contributed by atoms with E-state index in [0.29, 0.717) is 36.8 Å². The number of anilines is 2. The molecule has 1 fully saturated rings. The molecule has 2 aromatic rings. The van der Waals surface area contributed by atoms with Gasteiger partial charge in [0.1, 0.15) is 12.6 Å². The van der Waals surface area contributed by atoms with E-state index in [1.165, 1.54) is 5.56 Å². The van der Waals surface area contributed by atoms with Crippen molar-refractivity contribution in [1.82, 2.24) is 10.2 Å². The predicted octanol–water partition coefficient (Wildman–Crippen LogP) is 4.31. The number of fused-ring (bicyclic) bond motifs is 3. The lowest BCUT2D eigenvalue weighted by Crippen LogP contribution is -2.57. The summed E-state index contributed by atoms with van der Waals surface area (Å²) in [5.74, 6) is 0.111. The van der Waals surface area contributed by atoms with Crippen LogP contribution < -0.4 is 15.1 Å². The SMILES string of the molecule is CCN(CC)C(=O)c1ccc2c(c1)N(CC(=O)NCc1ccc(C(C)C)cc1)C(=O)C1CCCCN21. The first-order chi connectivity index (χ1) is 17.3. The molecule has 7 heteroatoms. The molecule has 0 saturated carbocycles. The van der Waals surface area contributed by atoms with Crippen LogP contribution in [-0.4, -0.2) is 54.8 Å². The molecule has 2 heterocycles. The number of hydrogen-bond donors (Lipinski definition) is 1. The zero-order valence-corrected chi connectivity index (χ0v) is 21.9. The summed E-state index contributed by atoms with van der Waals surface area (Å²) < 4.78 is 0. The van der Waals surface area contributed by atoms with Crippen molar-refractivity contribution in [3.8, 4) is 0 Å². The van der Waals surface area contributed by atoms with Gasteiger partial charge in [0.15, 0.2) is 0 Å². The third kappa shape index (κ3) is 5.25. The highest BCUT2D eigenvalue weighted by molar-refractivity contribution is 6.09. The van der Waals surface area contributed by atoms with Crippen LogP contribution in [0.2, 0.25) is 0 Å². The molecule has 0 spiro atoms. The Bertz CT molecular complexity index is 1110. The first kappa shape index (κ1) is 25.7. The first-order valence-corrected chi connectivity index (χ1v) is 13.2. The maximum atomic E-state index is 13.6. The second kappa shape index (κ2) is 11.1. The molecular weight excluding hydrogens is 452 g/mol. The third-order valence-electron chi connectivity index (χ3n) is 7.36. The second-order valence-corrected chi connectivity index (χ2v) is 9.98. The smallest absolute Gasteiger partial charge is 0.253 e. The number of nitrogens with one attached hydrogen (secondary N) is 1. The van der Waals surface area contributed by atoms with E-state index in [1.807, 2.05) is 38.1 Å². The van der Waals surface area contributed by atoms with Crippen LogP contribution >= 0.6 is 0 Å². The molecule has 1 N–H and O–H groups in total. The molecule has 1 unspecified atom stereocenters. The molecule has 1 saturated heterocycles. The normalized spacial score (nSPS) is 17.0. The van der Waals surface area contributed by atoms with Gasteiger partial charge in [0.25, 0.3) is 5.91 Å². The van der Waals surface area contributed by atoms with Crippen molar-refractivity contribution in [2.24, 2.45) is 0 Å². The average molecular weight is 491 g/mol. The largest absolute Gasteiger partial charge is 0.358 e. The van der Waals surface area contributed by atoms with Gasteiger partial charge in [0, 0.05) is 31.7 Å². The summed E-state index contributed by atoms with van der Waals surface area (Å²) in [5, 5.41) is 2.97. The zero-order chi connectivity index (χ0) is 25.8. The van der Waals surface area contributed by atoms with E-state index in [2.05, 4.69) is 36.2 Å². The van der Waals surface area contributed by atoms with Gasteiger partial charge in [-0.2, -0.15) is 0 Å². The van der Waals surface area contributed by atoms with Crippen LogP contribution in [0.1, 0.15) is 74.4 Å². The summed E-state index contributed by atoms with van der Waals surface area (Å²) in [6.07, 6.45) is 2.80. The number of piperidine rings is 1. The first-order valence-electron chi connectivity index (χ1n) is 13.2. The molecule has 7 nitrogen and oxygen atoms in total. The summed E-state index contributed by atoms with van der Waals surface area (Å²) in [6, 6.07) is 13.6. The maximum absolute atomic E-state index is 13.6. The molecule has 0 radical (unpaired) electrons. The Hall–Kier alpha value is -3.35. The quantitative estimate of drug-likeness (QED) is 0.598. The van der Waals surface area contributed by atoms with E-state index in [4.69, 9.17) is 0 Å². The summed E-state index contributed by atoms with van der Waals surface area (Å²) in [7, 11) is 0. The fraction of sp³-hybridized carbons (Fsp3) is 0.483. The number of amides is 3. The standard InChI is InChI=1S/C29H38N4O3/c1-5-31(6-2)28(35)23-14-15-24-26(17-23)33(29(36)25-9-7-8-16-32(24)25)19-27(34)30-18-21-10-12-22(13-11-21)20(3)4/h10-15,17,20,25H,5-9,16,18-19H2,1-4H3,(H,30,34). The van der Waals surface area contributed by atoms with E-state index in [0.717, 1.165) is 37.1 Å². The number of rotatable bonds is 8. The molecule has 0 aliphatic carbocycles. The second-order valence-electron chi connectivity index (χ2n) is 9.98. The Kier molecular flexibility index (Phi) is 7.97. The van der Waals surface area contributed by atoms with Crippen LogP contribution in [0.5, 0.6) is 0 Å². The predicted molar refractivity (Wildman–Crippen MR) is 143 cm³/mol. The van der Waals surface area contributed by atoms with Crippen LogP contribution in [0.4, 0.5) is 11.4 Å². The highest BCUT2D eigenvalue weighted by atomic mass is 16.2. The average Bonchev–Trinajstić information content (AvgIpc) is 2.90. The molecule has 0 aromatic heterocycles. The molecule has 1 atom stereocenters. The van der Waals surface area contributed by atoms with Crippen molar-refractivity contribution in [2.75, 3.05) is 36.0 Å².